The molecular weight excluding hydrogens is 400 g/mol. The molecule has 1 aromatic carbocycles. The SMILES string of the molecule is c1ccc(COc2cncc(-c3ccc4[nH]nc(-c5cc6cnccc6[nH]5)c4n3)c2)cc1. The Morgan fingerprint density at radius 3 is 2.69 bits per heavy atom. The molecule has 5 heterocycles. The van der Waals surface area contributed by atoms with E-state index in [1.165, 1.54) is 0 Å². The van der Waals surface area contributed by atoms with E-state index in [2.05, 4.69) is 25.1 Å². The molecular formula is C25H18N6O. The fourth-order valence-electron chi connectivity index (χ4n) is 3.73. The Labute approximate surface area is 183 Å². The van der Waals surface area contributed by atoms with E-state index in [1.54, 1.807) is 18.6 Å². The Hall–Kier alpha value is -4.52. The fraction of sp³-hybridized carbons (Fsp3) is 0.0400. The molecule has 0 saturated carbocycles. The number of fused-ring (bicyclic) bond motifs is 2. The summed E-state index contributed by atoms with van der Waals surface area (Å²) in [5.41, 5.74) is 7.11. The number of nitrogens with one attached hydrogen (secondary N) is 2. The third-order valence-electron chi connectivity index (χ3n) is 5.34. The summed E-state index contributed by atoms with van der Waals surface area (Å²) in [6, 6.07) is 19.9. The zero-order valence-corrected chi connectivity index (χ0v) is 17.0. The molecule has 0 bridgehead atoms. The van der Waals surface area contributed by atoms with Crippen molar-refractivity contribution in [3.8, 4) is 28.4 Å². The van der Waals surface area contributed by atoms with Crippen LogP contribution in [-0.2, 0) is 6.61 Å². The van der Waals surface area contributed by atoms with Crippen LogP contribution in [0.25, 0.3) is 44.6 Å². The van der Waals surface area contributed by atoms with Crippen molar-refractivity contribution in [2.75, 3.05) is 0 Å². The van der Waals surface area contributed by atoms with Gasteiger partial charge in [0.05, 0.1) is 23.1 Å². The van der Waals surface area contributed by atoms with E-state index in [1.807, 2.05) is 66.9 Å². The number of pyridine rings is 3. The minimum atomic E-state index is 0.486. The van der Waals surface area contributed by atoms with Gasteiger partial charge in [0.15, 0.2) is 0 Å². The molecule has 0 spiro atoms. The Morgan fingerprint density at radius 1 is 0.844 bits per heavy atom. The van der Waals surface area contributed by atoms with Gasteiger partial charge < -0.3 is 9.72 Å². The summed E-state index contributed by atoms with van der Waals surface area (Å²) in [6.07, 6.45) is 7.10. The second kappa shape index (κ2) is 7.63. The lowest BCUT2D eigenvalue weighted by Gasteiger charge is -2.08. The van der Waals surface area contributed by atoms with Crippen LogP contribution < -0.4 is 4.74 Å². The number of aromatic nitrogens is 6. The maximum absolute atomic E-state index is 5.93. The summed E-state index contributed by atoms with van der Waals surface area (Å²) in [6.45, 7) is 0.486. The van der Waals surface area contributed by atoms with Crippen LogP contribution in [-0.4, -0.2) is 30.1 Å². The topological polar surface area (TPSA) is 92.4 Å². The lowest BCUT2D eigenvalue weighted by molar-refractivity contribution is 0.305. The van der Waals surface area contributed by atoms with Crippen LogP contribution >= 0.6 is 0 Å². The molecule has 0 aliphatic rings. The maximum atomic E-state index is 5.93. The average Bonchev–Trinajstić information content (AvgIpc) is 3.47. The van der Waals surface area contributed by atoms with Crippen LogP contribution in [0, 0.1) is 0 Å². The van der Waals surface area contributed by atoms with Gasteiger partial charge in [-0.05, 0) is 35.9 Å². The Morgan fingerprint density at radius 2 is 1.78 bits per heavy atom. The smallest absolute Gasteiger partial charge is 0.138 e. The van der Waals surface area contributed by atoms with Crippen molar-refractivity contribution in [2.24, 2.45) is 0 Å². The first-order valence-corrected chi connectivity index (χ1v) is 10.2. The lowest BCUT2D eigenvalue weighted by Crippen LogP contribution is -1.96. The second-order valence-electron chi connectivity index (χ2n) is 7.49. The number of nitrogens with zero attached hydrogens (tertiary/aromatic N) is 4. The number of rotatable bonds is 5. The first-order valence-electron chi connectivity index (χ1n) is 10.2. The van der Waals surface area contributed by atoms with Gasteiger partial charge >= 0.3 is 0 Å². The molecule has 32 heavy (non-hydrogen) atoms. The highest BCUT2D eigenvalue weighted by molar-refractivity contribution is 5.94. The number of benzene rings is 1. The molecule has 7 heteroatoms. The van der Waals surface area contributed by atoms with Crippen molar-refractivity contribution in [1.82, 2.24) is 30.1 Å². The minimum Gasteiger partial charge on any atom is -0.487 e. The fourth-order valence-corrected chi connectivity index (χ4v) is 3.73. The minimum absolute atomic E-state index is 0.486. The Bertz CT molecular complexity index is 1500. The third-order valence-corrected chi connectivity index (χ3v) is 5.34. The molecule has 0 unspecified atom stereocenters. The zero-order chi connectivity index (χ0) is 21.3. The molecule has 0 aliphatic carbocycles. The molecule has 0 radical (unpaired) electrons. The first kappa shape index (κ1) is 18.3. The van der Waals surface area contributed by atoms with Gasteiger partial charge in [-0.2, -0.15) is 5.10 Å². The molecule has 0 saturated heterocycles. The molecule has 0 atom stereocenters. The molecule has 0 fully saturated rings. The standard InChI is InChI=1S/C25H18N6O/c1-2-4-16(5-3-1)15-32-19-10-17(13-27-14-19)20-6-7-22-24(29-20)25(31-30-22)23-11-18-12-26-9-8-21(18)28-23/h1-14,28H,15H2,(H,30,31). The van der Waals surface area contributed by atoms with Gasteiger partial charge in [0.1, 0.15) is 23.6 Å². The van der Waals surface area contributed by atoms with Crippen molar-refractivity contribution in [3.05, 3.63) is 91.0 Å². The van der Waals surface area contributed by atoms with Crippen LogP contribution in [0.2, 0.25) is 0 Å². The van der Waals surface area contributed by atoms with Gasteiger partial charge in [-0.1, -0.05) is 30.3 Å². The largest absolute Gasteiger partial charge is 0.487 e. The van der Waals surface area contributed by atoms with Crippen molar-refractivity contribution in [3.63, 3.8) is 0 Å². The molecule has 7 nitrogen and oxygen atoms in total. The molecule has 6 rings (SSSR count). The van der Waals surface area contributed by atoms with E-state index in [0.29, 0.717) is 12.4 Å². The van der Waals surface area contributed by atoms with E-state index in [4.69, 9.17) is 9.72 Å². The van der Waals surface area contributed by atoms with Gasteiger partial charge in [-0.25, -0.2) is 4.98 Å². The van der Waals surface area contributed by atoms with E-state index < -0.39 is 0 Å². The van der Waals surface area contributed by atoms with E-state index in [0.717, 1.165) is 50.1 Å². The Balaban J connectivity index is 1.34. The summed E-state index contributed by atoms with van der Waals surface area (Å²) in [5, 5.41) is 8.60. The molecule has 154 valence electrons. The number of H-pyrrole nitrogens is 2. The van der Waals surface area contributed by atoms with Crippen molar-refractivity contribution < 1.29 is 4.74 Å². The predicted molar refractivity (Wildman–Crippen MR) is 123 cm³/mol. The molecule has 6 aromatic rings. The second-order valence-corrected chi connectivity index (χ2v) is 7.49. The lowest BCUT2D eigenvalue weighted by atomic mass is 10.1. The van der Waals surface area contributed by atoms with Crippen molar-refractivity contribution in [1.29, 1.82) is 0 Å². The summed E-state index contributed by atoms with van der Waals surface area (Å²) in [7, 11) is 0. The zero-order valence-electron chi connectivity index (χ0n) is 17.0. The van der Waals surface area contributed by atoms with Crippen LogP contribution in [0.3, 0.4) is 0 Å². The number of aromatic amines is 2. The van der Waals surface area contributed by atoms with Crippen LogP contribution in [0.1, 0.15) is 5.56 Å². The summed E-state index contributed by atoms with van der Waals surface area (Å²) >= 11 is 0. The van der Waals surface area contributed by atoms with Crippen LogP contribution in [0.15, 0.2) is 85.5 Å². The van der Waals surface area contributed by atoms with Crippen molar-refractivity contribution in [2.45, 2.75) is 6.61 Å². The Kier molecular flexibility index (Phi) is 4.35. The molecule has 0 amide bonds. The molecule has 5 aromatic heterocycles. The van der Waals surface area contributed by atoms with Crippen LogP contribution in [0.4, 0.5) is 0 Å². The van der Waals surface area contributed by atoms with Crippen LogP contribution in [0.5, 0.6) is 5.75 Å². The maximum Gasteiger partial charge on any atom is 0.138 e. The predicted octanol–water partition coefficient (Wildman–Crippen LogP) is 5.14. The van der Waals surface area contributed by atoms with Gasteiger partial charge in [0.25, 0.3) is 0 Å². The van der Waals surface area contributed by atoms with Gasteiger partial charge in [-0.3, -0.25) is 15.1 Å². The number of hydrogen-bond acceptors (Lipinski definition) is 5. The average molecular weight is 418 g/mol. The van der Waals surface area contributed by atoms with Gasteiger partial charge in [0.2, 0.25) is 0 Å². The van der Waals surface area contributed by atoms with E-state index >= 15 is 0 Å². The highest BCUT2D eigenvalue weighted by atomic mass is 16.5. The normalized spacial score (nSPS) is 11.2. The number of hydrogen-bond donors (Lipinski definition) is 2. The number of ether oxygens (including phenoxy) is 1. The summed E-state index contributed by atoms with van der Waals surface area (Å²) in [5.74, 6) is 0.698. The summed E-state index contributed by atoms with van der Waals surface area (Å²) in [4.78, 5) is 16.8. The monoisotopic (exact) mass is 418 g/mol. The highest BCUT2D eigenvalue weighted by Crippen LogP contribution is 2.30. The van der Waals surface area contributed by atoms with Crippen molar-refractivity contribution >= 4 is 21.9 Å². The first-order chi connectivity index (χ1) is 15.8. The van der Waals surface area contributed by atoms with Gasteiger partial charge in [0, 0.05) is 35.1 Å². The molecule has 2 N–H and O–H groups in total. The van der Waals surface area contributed by atoms with E-state index in [-0.39, 0.29) is 0 Å². The van der Waals surface area contributed by atoms with Gasteiger partial charge in [-0.15, -0.1) is 0 Å². The summed E-state index contributed by atoms with van der Waals surface area (Å²) < 4.78 is 5.93. The molecule has 0 aliphatic heterocycles. The van der Waals surface area contributed by atoms with E-state index in [9.17, 15) is 0 Å². The quantitative estimate of drug-likeness (QED) is 0.404. The highest BCUT2D eigenvalue weighted by Gasteiger charge is 2.14. The third kappa shape index (κ3) is 3.35.